The van der Waals surface area contributed by atoms with Crippen molar-refractivity contribution in [3.05, 3.63) is 82.3 Å². The van der Waals surface area contributed by atoms with E-state index in [-0.39, 0.29) is 12.2 Å². The van der Waals surface area contributed by atoms with Crippen molar-refractivity contribution in [1.82, 2.24) is 14.9 Å². The lowest BCUT2D eigenvalue weighted by Crippen LogP contribution is -2.35. The number of hydrogen-bond donors (Lipinski definition) is 1. The summed E-state index contributed by atoms with van der Waals surface area (Å²) < 4.78 is 11.2. The molecule has 1 saturated heterocycles. The van der Waals surface area contributed by atoms with Crippen LogP contribution in [0.25, 0.3) is 11.4 Å². The molecule has 1 aromatic heterocycles. The lowest BCUT2D eigenvalue weighted by molar-refractivity contribution is 0.0342. The van der Waals surface area contributed by atoms with Gasteiger partial charge in [-0.3, -0.25) is 9.69 Å². The smallest absolute Gasteiger partial charge is 0.251 e. The standard InChI is InChI=1S/C22H23N3O3/c26-21-14-18(16-28-19-7-2-1-3-8-19)23-22(24-21)20-9-5-4-6-17(20)15-25-10-12-27-13-11-25/h1-9,14H,10-13,15-16H2,(H,23,24,26). The van der Waals surface area contributed by atoms with E-state index in [9.17, 15) is 4.79 Å². The van der Waals surface area contributed by atoms with E-state index in [1.54, 1.807) is 0 Å². The van der Waals surface area contributed by atoms with E-state index in [2.05, 4.69) is 20.9 Å². The third kappa shape index (κ3) is 4.65. The summed E-state index contributed by atoms with van der Waals surface area (Å²) in [5.74, 6) is 1.32. The van der Waals surface area contributed by atoms with E-state index >= 15 is 0 Å². The van der Waals surface area contributed by atoms with E-state index in [1.165, 1.54) is 6.07 Å². The first-order valence-corrected chi connectivity index (χ1v) is 9.44. The first kappa shape index (κ1) is 18.4. The van der Waals surface area contributed by atoms with E-state index in [0.717, 1.165) is 49.7 Å². The Kier molecular flexibility index (Phi) is 5.80. The number of hydrogen-bond acceptors (Lipinski definition) is 5. The number of morpholine rings is 1. The van der Waals surface area contributed by atoms with E-state index in [0.29, 0.717) is 11.5 Å². The maximum Gasteiger partial charge on any atom is 0.251 e. The highest BCUT2D eigenvalue weighted by molar-refractivity contribution is 5.60. The Bertz CT molecular complexity index is 966. The number of rotatable bonds is 6. The number of para-hydroxylation sites is 1. The van der Waals surface area contributed by atoms with Crippen molar-refractivity contribution >= 4 is 0 Å². The summed E-state index contributed by atoms with van der Waals surface area (Å²) in [5.41, 5.74) is 2.49. The molecule has 2 heterocycles. The molecule has 3 aromatic rings. The largest absolute Gasteiger partial charge is 0.487 e. The molecule has 0 amide bonds. The lowest BCUT2D eigenvalue weighted by Gasteiger charge is -2.27. The summed E-state index contributed by atoms with van der Waals surface area (Å²) in [5, 5.41) is 0. The maximum absolute atomic E-state index is 12.2. The predicted octanol–water partition coefficient (Wildman–Crippen LogP) is 2.85. The Morgan fingerprint density at radius 3 is 2.61 bits per heavy atom. The van der Waals surface area contributed by atoms with Crippen LogP contribution in [-0.2, 0) is 17.9 Å². The highest BCUT2D eigenvalue weighted by atomic mass is 16.5. The fourth-order valence-corrected chi connectivity index (χ4v) is 3.27. The van der Waals surface area contributed by atoms with Gasteiger partial charge in [0.25, 0.3) is 5.56 Å². The van der Waals surface area contributed by atoms with E-state index in [4.69, 9.17) is 9.47 Å². The van der Waals surface area contributed by atoms with Gasteiger partial charge in [0.1, 0.15) is 18.2 Å². The number of ether oxygens (including phenoxy) is 2. The van der Waals surface area contributed by atoms with E-state index in [1.807, 2.05) is 48.5 Å². The monoisotopic (exact) mass is 377 g/mol. The second-order valence-electron chi connectivity index (χ2n) is 6.73. The summed E-state index contributed by atoms with van der Waals surface area (Å²) in [6, 6.07) is 19.1. The van der Waals surface area contributed by atoms with Crippen LogP contribution in [0.4, 0.5) is 0 Å². The lowest BCUT2D eigenvalue weighted by atomic mass is 10.1. The Balaban J connectivity index is 1.57. The molecule has 6 heteroatoms. The summed E-state index contributed by atoms with van der Waals surface area (Å²) in [7, 11) is 0. The van der Waals surface area contributed by atoms with Gasteiger partial charge in [-0.2, -0.15) is 0 Å². The van der Waals surface area contributed by atoms with Gasteiger partial charge in [-0.15, -0.1) is 0 Å². The molecule has 144 valence electrons. The second-order valence-corrected chi connectivity index (χ2v) is 6.73. The minimum atomic E-state index is -0.183. The van der Waals surface area contributed by atoms with Gasteiger partial charge < -0.3 is 14.5 Å². The third-order valence-electron chi connectivity index (χ3n) is 4.69. The van der Waals surface area contributed by atoms with Crippen LogP contribution in [0.15, 0.2) is 65.5 Å². The minimum absolute atomic E-state index is 0.183. The molecule has 0 saturated carbocycles. The van der Waals surface area contributed by atoms with Crippen molar-refractivity contribution in [1.29, 1.82) is 0 Å². The van der Waals surface area contributed by atoms with Gasteiger partial charge in [-0.25, -0.2) is 4.98 Å². The molecule has 0 atom stereocenters. The molecule has 0 aliphatic carbocycles. The van der Waals surface area contributed by atoms with Gasteiger partial charge in [-0.05, 0) is 17.7 Å². The van der Waals surface area contributed by atoms with Crippen molar-refractivity contribution in [3.63, 3.8) is 0 Å². The number of H-pyrrole nitrogens is 1. The molecule has 1 aliphatic heterocycles. The quantitative estimate of drug-likeness (QED) is 0.715. The fourth-order valence-electron chi connectivity index (χ4n) is 3.27. The summed E-state index contributed by atoms with van der Waals surface area (Å²) in [6.45, 7) is 4.36. The van der Waals surface area contributed by atoms with Crippen LogP contribution in [0.1, 0.15) is 11.3 Å². The van der Waals surface area contributed by atoms with Crippen molar-refractivity contribution in [2.24, 2.45) is 0 Å². The molecule has 1 aliphatic rings. The fraction of sp³-hybridized carbons (Fsp3) is 0.273. The summed E-state index contributed by atoms with van der Waals surface area (Å²) in [6.07, 6.45) is 0. The van der Waals surface area contributed by atoms with Gasteiger partial charge >= 0.3 is 0 Å². The molecule has 2 aromatic carbocycles. The first-order valence-electron chi connectivity index (χ1n) is 9.44. The average molecular weight is 377 g/mol. The van der Waals surface area contributed by atoms with Gasteiger partial charge in [0.2, 0.25) is 0 Å². The second kappa shape index (κ2) is 8.82. The van der Waals surface area contributed by atoms with Crippen molar-refractivity contribution in [2.45, 2.75) is 13.2 Å². The Morgan fingerprint density at radius 2 is 1.79 bits per heavy atom. The van der Waals surface area contributed by atoms with E-state index < -0.39 is 0 Å². The minimum Gasteiger partial charge on any atom is -0.487 e. The van der Waals surface area contributed by atoms with Gasteiger partial charge in [0.15, 0.2) is 0 Å². The van der Waals surface area contributed by atoms with Crippen LogP contribution in [0.5, 0.6) is 5.75 Å². The van der Waals surface area contributed by atoms with Crippen LogP contribution in [0.2, 0.25) is 0 Å². The molecule has 0 bridgehead atoms. The van der Waals surface area contributed by atoms with Gasteiger partial charge in [0.05, 0.1) is 18.9 Å². The number of aromatic amines is 1. The highest BCUT2D eigenvalue weighted by Crippen LogP contribution is 2.22. The third-order valence-corrected chi connectivity index (χ3v) is 4.69. The molecule has 28 heavy (non-hydrogen) atoms. The van der Waals surface area contributed by atoms with Crippen LogP contribution < -0.4 is 10.3 Å². The SMILES string of the molecule is O=c1cc(COc2ccccc2)nc(-c2ccccc2CN2CCOCC2)[nH]1. The van der Waals surface area contributed by atoms with Gasteiger partial charge in [-0.1, -0.05) is 42.5 Å². The topological polar surface area (TPSA) is 67.4 Å². The zero-order valence-electron chi connectivity index (χ0n) is 15.6. The number of nitrogens with one attached hydrogen (secondary N) is 1. The molecule has 4 rings (SSSR count). The Morgan fingerprint density at radius 1 is 1.04 bits per heavy atom. The maximum atomic E-state index is 12.2. The number of aromatic nitrogens is 2. The molecule has 1 fully saturated rings. The van der Waals surface area contributed by atoms with Crippen LogP contribution in [0, 0.1) is 0 Å². The molecule has 6 nitrogen and oxygen atoms in total. The Hall–Kier alpha value is -2.96. The molecular weight excluding hydrogens is 354 g/mol. The van der Waals surface area contributed by atoms with Crippen molar-refractivity contribution in [2.75, 3.05) is 26.3 Å². The normalized spacial score (nSPS) is 14.7. The summed E-state index contributed by atoms with van der Waals surface area (Å²) in [4.78, 5) is 22.1. The van der Waals surface area contributed by atoms with Crippen LogP contribution in [-0.4, -0.2) is 41.2 Å². The zero-order valence-corrected chi connectivity index (χ0v) is 15.6. The first-order chi connectivity index (χ1) is 13.8. The highest BCUT2D eigenvalue weighted by Gasteiger charge is 2.15. The molecule has 0 unspecified atom stereocenters. The van der Waals surface area contributed by atoms with Crippen LogP contribution >= 0.6 is 0 Å². The Labute approximate surface area is 163 Å². The predicted molar refractivity (Wildman–Crippen MR) is 107 cm³/mol. The van der Waals surface area contributed by atoms with Crippen molar-refractivity contribution in [3.8, 4) is 17.1 Å². The molecule has 0 radical (unpaired) electrons. The number of nitrogens with zero attached hydrogens (tertiary/aromatic N) is 2. The van der Waals surface area contributed by atoms with Gasteiger partial charge in [0, 0.05) is 31.3 Å². The van der Waals surface area contributed by atoms with Crippen molar-refractivity contribution < 1.29 is 9.47 Å². The molecule has 0 spiro atoms. The summed E-state index contributed by atoms with van der Waals surface area (Å²) >= 11 is 0. The molecular formula is C22H23N3O3. The number of benzene rings is 2. The molecule has 1 N–H and O–H groups in total. The van der Waals surface area contributed by atoms with Crippen LogP contribution in [0.3, 0.4) is 0 Å². The zero-order chi connectivity index (χ0) is 19.2. The average Bonchev–Trinajstić information content (AvgIpc) is 2.74.